The molecular weight excluding hydrogens is 226 g/mol. The maximum Gasteiger partial charge on any atom is 0.488 e. The smallest absolute Gasteiger partial charge is 0.423 e. The molecule has 5 heteroatoms. The first-order valence-electron chi connectivity index (χ1n) is 5.37. The molecule has 0 saturated heterocycles. The maximum atomic E-state index is 12.9. The molecule has 1 aromatic rings. The summed E-state index contributed by atoms with van der Waals surface area (Å²) in [5.41, 5.74) is 1.06. The van der Waals surface area contributed by atoms with Crippen LogP contribution in [0, 0.1) is 5.82 Å². The molecule has 1 aromatic carbocycles. The van der Waals surface area contributed by atoms with E-state index in [1.165, 1.54) is 12.1 Å². The summed E-state index contributed by atoms with van der Waals surface area (Å²) in [6.45, 7) is 2.13. The third-order valence-corrected chi connectivity index (χ3v) is 3.38. The molecule has 1 rings (SSSR count). The number of unbranched alkanes of at least 4 members (excludes halogenated alkanes) is 1. The van der Waals surface area contributed by atoms with Crippen molar-refractivity contribution in [1.82, 2.24) is 0 Å². The van der Waals surface area contributed by atoms with E-state index in [0.717, 1.165) is 24.2 Å². The average Bonchev–Trinajstić information content (AvgIpc) is 2.26. The molecule has 0 aliphatic rings. The minimum atomic E-state index is -1.60. The topological polar surface area (TPSA) is 40.5 Å². The molecule has 88 valence electrons. The van der Waals surface area contributed by atoms with E-state index >= 15 is 0 Å². The zero-order chi connectivity index (χ0) is 12.0. The Labute approximate surface area is 100 Å². The Hall–Kier alpha value is -0.515. The van der Waals surface area contributed by atoms with Gasteiger partial charge in [0.25, 0.3) is 0 Å². The van der Waals surface area contributed by atoms with E-state index in [1.807, 2.05) is 0 Å². The molecule has 0 saturated carbocycles. The monoisotopic (exact) mass is 242 g/mol. The molecule has 0 amide bonds. The summed E-state index contributed by atoms with van der Waals surface area (Å²) in [5, 5.41) is 18.2. The highest BCUT2D eigenvalue weighted by atomic mass is 32.2. The van der Waals surface area contributed by atoms with Gasteiger partial charge in [0, 0.05) is 5.75 Å². The summed E-state index contributed by atoms with van der Waals surface area (Å²) >= 11 is 1.72. The quantitative estimate of drug-likeness (QED) is 0.587. The summed E-state index contributed by atoms with van der Waals surface area (Å²) in [7, 11) is -1.60. The van der Waals surface area contributed by atoms with Crippen LogP contribution >= 0.6 is 11.8 Å². The number of thioether (sulfide) groups is 1. The van der Waals surface area contributed by atoms with Crippen molar-refractivity contribution < 1.29 is 14.4 Å². The van der Waals surface area contributed by atoms with Crippen molar-refractivity contribution in [2.24, 2.45) is 0 Å². The lowest BCUT2D eigenvalue weighted by Crippen LogP contribution is -2.33. The van der Waals surface area contributed by atoms with Crippen LogP contribution in [-0.2, 0) is 5.75 Å². The lowest BCUT2D eigenvalue weighted by atomic mass is 9.77. The van der Waals surface area contributed by atoms with Crippen LogP contribution in [-0.4, -0.2) is 22.9 Å². The second-order valence-corrected chi connectivity index (χ2v) is 4.73. The second-order valence-electron chi connectivity index (χ2n) is 3.62. The molecule has 0 aliphatic heterocycles. The summed E-state index contributed by atoms with van der Waals surface area (Å²) in [4.78, 5) is 0. The third kappa shape index (κ3) is 4.16. The Morgan fingerprint density at radius 2 is 2.12 bits per heavy atom. The Balaban J connectivity index is 2.64. The fourth-order valence-corrected chi connectivity index (χ4v) is 2.49. The van der Waals surface area contributed by atoms with Crippen LogP contribution < -0.4 is 5.46 Å². The number of halogens is 1. The van der Waals surface area contributed by atoms with Crippen LogP contribution in [0.4, 0.5) is 4.39 Å². The first kappa shape index (κ1) is 13.5. The van der Waals surface area contributed by atoms with E-state index in [0.29, 0.717) is 5.75 Å². The Kier molecular flexibility index (Phi) is 5.88. The number of benzene rings is 1. The van der Waals surface area contributed by atoms with Crippen molar-refractivity contribution in [2.75, 3.05) is 5.75 Å². The van der Waals surface area contributed by atoms with Crippen molar-refractivity contribution in [3.05, 3.63) is 29.6 Å². The van der Waals surface area contributed by atoms with Gasteiger partial charge >= 0.3 is 7.12 Å². The fraction of sp³-hybridized carbons (Fsp3) is 0.455. The average molecular weight is 242 g/mol. The fourth-order valence-electron chi connectivity index (χ4n) is 1.37. The predicted octanol–water partition coefficient (Wildman–Crippen LogP) is 1.54. The first-order valence-corrected chi connectivity index (χ1v) is 6.52. The van der Waals surface area contributed by atoms with Gasteiger partial charge in [-0.15, -0.1) is 0 Å². The molecule has 0 radical (unpaired) electrons. The van der Waals surface area contributed by atoms with Crippen molar-refractivity contribution in [1.29, 1.82) is 0 Å². The molecule has 0 heterocycles. The summed E-state index contributed by atoms with van der Waals surface area (Å²) in [5.74, 6) is 1.28. The lowest BCUT2D eigenvalue weighted by molar-refractivity contribution is 0.425. The molecule has 0 fully saturated rings. The standard InChI is InChI=1S/C11H16BFO2S/c1-2-3-6-16-8-9-4-5-10(13)7-11(9)12(14)15/h4-5,7,14-15H,2-3,6,8H2,1H3. The SMILES string of the molecule is CCCCSCc1ccc(F)cc1B(O)O. The van der Waals surface area contributed by atoms with Gasteiger partial charge in [-0.1, -0.05) is 19.4 Å². The third-order valence-electron chi connectivity index (χ3n) is 2.29. The van der Waals surface area contributed by atoms with E-state index in [4.69, 9.17) is 10.0 Å². The van der Waals surface area contributed by atoms with E-state index in [-0.39, 0.29) is 5.46 Å². The van der Waals surface area contributed by atoms with Crippen molar-refractivity contribution in [3.63, 3.8) is 0 Å². The summed E-state index contributed by atoms with van der Waals surface area (Å²) in [6.07, 6.45) is 2.29. The van der Waals surface area contributed by atoms with Gasteiger partial charge < -0.3 is 10.0 Å². The normalized spacial score (nSPS) is 10.5. The van der Waals surface area contributed by atoms with Crippen LogP contribution in [0.25, 0.3) is 0 Å². The van der Waals surface area contributed by atoms with Gasteiger partial charge in [-0.05, 0) is 35.3 Å². The van der Waals surface area contributed by atoms with Gasteiger partial charge in [0.05, 0.1) is 0 Å². The van der Waals surface area contributed by atoms with Gasteiger partial charge in [-0.2, -0.15) is 11.8 Å². The molecule has 0 unspecified atom stereocenters. The van der Waals surface area contributed by atoms with Crippen molar-refractivity contribution in [3.8, 4) is 0 Å². The van der Waals surface area contributed by atoms with Gasteiger partial charge in [0.15, 0.2) is 0 Å². The van der Waals surface area contributed by atoms with Gasteiger partial charge in [0.2, 0.25) is 0 Å². The maximum absolute atomic E-state index is 12.9. The lowest BCUT2D eigenvalue weighted by Gasteiger charge is -2.08. The second kappa shape index (κ2) is 6.94. The summed E-state index contributed by atoms with van der Waals surface area (Å²) in [6, 6.07) is 4.14. The molecule has 16 heavy (non-hydrogen) atoms. The minimum absolute atomic E-state index is 0.268. The Bertz CT molecular complexity index is 334. The largest absolute Gasteiger partial charge is 0.488 e. The Morgan fingerprint density at radius 3 is 2.75 bits per heavy atom. The van der Waals surface area contributed by atoms with Crippen LogP contribution in [0.5, 0.6) is 0 Å². The number of rotatable bonds is 6. The molecule has 0 bridgehead atoms. The zero-order valence-corrected chi connectivity index (χ0v) is 10.1. The predicted molar refractivity (Wildman–Crippen MR) is 67.3 cm³/mol. The van der Waals surface area contributed by atoms with Crippen molar-refractivity contribution >= 4 is 24.3 Å². The summed E-state index contributed by atoms with van der Waals surface area (Å²) < 4.78 is 12.9. The molecular formula is C11H16BFO2S. The highest BCUT2D eigenvalue weighted by Crippen LogP contribution is 2.13. The van der Waals surface area contributed by atoms with Gasteiger partial charge in [0.1, 0.15) is 5.82 Å². The highest BCUT2D eigenvalue weighted by Gasteiger charge is 2.16. The first-order chi connectivity index (χ1) is 7.65. The van der Waals surface area contributed by atoms with E-state index in [9.17, 15) is 4.39 Å². The van der Waals surface area contributed by atoms with Crippen LogP contribution in [0.2, 0.25) is 0 Å². The number of hydrogen-bond donors (Lipinski definition) is 2. The molecule has 0 aliphatic carbocycles. The van der Waals surface area contributed by atoms with Gasteiger partial charge in [-0.25, -0.2) is 4.39 Å². The zero-order valence-electron chi connectivity index (χ0n) is 9.32. The van der Waals surface area contributed by atoms with Crippen LogP contribution in [0.1, 0.15) is 25.3 Å². The molecule has 2 nitrogen and oxygen atoms in total. The van der Waals surface area contributed by atoms with Gasteiger partial charge in [-0.3, -0.25) is 0 Å². The van der Waals surface area contributed by atoms with Crippen LogP contribution in [0.3, 0.4) is 0 Å². The number of hydrogen-bond acceptors (Lipinski definition) is 3. The van der Waals surface area contributed by atoms with E-state index < -0.39 is 12.9 Å². The van der Waals surface area contributed by atoms with Crippen LogP contribution in [0.15, 0.2) is 18.2 Å². The Morgan fingerprint density at radius 1 is 1.38 bits per heavy atom. The molecule has 0 aromatic heterocycles. The van der Waals surface area contributed by atoms with E-state index in [1.54, 1.807) is 17.8 Å². The highest BCUT2D eigenvalue weighted by molar-refractivity contribution is 7.98. The molecule has 2 N–H and O–H groups in total. The van der Waals surface area contributed by atoms with Crippen molar-refractivity contribution in [2.45, 2.75) is 25.5 Å². The minimum Gasteiger partial charge on any atom is -0.423 e. The van der Waals surface area contributed by atoms with E-state index in [2.05, 4.69) is 6.92 Å². The molecule has 0 atom stereocenters. The molecule has 0 spiro atoms.